The van der Waals surface area contributed by atoms with Gasteiger partial charge in [0.25, 0.3) is 10.0 Å². The van der Waals surface area contributed by atoms with Gasteiger partial charge in [0, 0.05) is 32.5 Å². The smallest absolute Gasteiger partial charge is 0.265 e. The quantitative estimate of drug-likeness (QED) is 0.931. The van der Waals surface area contributed by atoms with Crippen LogP contribution in [-0.2, 0) is 23.6 Å². The van der Waals surface area contributed by atoms with Crippen LogP contribution in [0.25, 0.3) is 0 Å². The van der Waals surface area contributed by atoms with Crippen molar-refractivity contribution < 1.29 is 8.42 Å². The van der Waals surface area contributed by atoms with Gasteiger partial charge in [-0.15, -0.1) is 0 Å². The van der Waals surface area contributed by atoms with Crippen LogP contribution in [0.2, 0.25) is 0 Å². The van der Waals surface area contributed by atoms with Crippen LogP contribution in [0, 0.1) is 6.92 Å². The summed E-state index contributed by atoms with van der Waals surface area (Å²) in [7, 11) is -0.224. The second kappa shape index (κ2) is 5.30. The van der Waals surface area contributed by atoms with E-state index in [0.717, 1.165) is 11.3 Å². The van der Waals surface area contributed by atoms with E-state index in [1.54, 1.807) is 43.1 Å². The molecule has 0 saturated heterocycles. The zero-order chi connectivity index (χ0) is 14.9. The average molecular weight is 293 g/mol. The van der Waals surface area contributed by atoms with Crippen molar-refractivity contribution in [2.24, 2.45) is 12.8 Å². The van der Waals surface area contributed by atoms with Crippen molar-refractivity contribution in [3.8, 4) is 0 Å². The first-order valence-electron chi connectivity index (χ1n) is 6.27. The van der Waals surface area contributed by atoms with Gasteiger partial charge in [-0.3, -0.25) is 4.31 Å². The van der Waals surface area contributed by atoms with Crippen molar-refractivity contribution in [2.75, 3.05) is 11.4 Å². The Morgan fingerprint density at radius 3 is 2.35 bits per heavy atom. The van der Waals surface area contributed by atoms with Crippen molar-refractivity contribution in [2.45, 2.75) is 18.4 Å². The molecule has 1 aromatic carbocycles. The molecule has 0 fully saturated rings. The second-order valence-corrected chi connectivity index (χ2v) is 6.76. The van der Waals surface area contributed by atoms with Gasteiger partial charge in [0.05, 0.1) is 5.69 Å². The van der Waals surface area contributed by atoms with Gasteiger partial charge in [0.1, 0.15) is 4.90 Å². The largest absolute Gasteiger partial charge is 0.352 e. The summed E-state index contributed by atoms with van der Waals surface area (Å²) in [5, 5.41) is 0. The van der Waals surface area contributed by atoms with E-state index >= 15 is 0 Å². The molecule has 2 aromatic rings. The standard InChI is InChI=1S/C14H19N3O2S/c1-11-4-6-12(7-5-11)17(3)20(18,19)14-8-13(9-15)16(2)10-14/h4-8,10H,9,15H2,1-3H3. The summed E-state index contributed by atoms with van der Waals surface area (Å²) in [6, 6.07) is 8.97. The Labute approximate surface area is 119 Å². The Bertz CT molecular complexity index is 703. The minimum atomic E-state index is -3.56. The van der Waals surface area contributed by atoms with Gasteiger partial charge in [0.15, 0.2) is 0 Å². The summed E-state index contributed by atoms with van der Waals surface area (Å²) in [6.07, 6.45) is 1.59. The van der Waals surface area contributed by atoms with Crippen LogP contribution in [0.5, 0.6) is 0 Å². The van der Waals surface area contributed by atoms with Crippen LogP contribution in [0.1, 0.15) is 11.3 Å². The lowest BCUT2D eigenvalue weighted by atomic mass is 10.2. The van der Waals surface area contributed by atoms with Crippen LogP contribution in [-0.4, -0.2) is 20.0 Å². The molecule has 0 saturated carbocycles. The number of benzene rings is 1. The number of anilines is 1. The van der Waals surface area contributed by atoms with Gasteiger partial charge in [-0.1, -0.05) is 17.7 Å². The maximum atomic E-state index is 12.6. The molecule has 0 aliphatic rings. The number of hydrogen-bond acceptors (Lipinski definition) is 3. The van der Waals surface area contributed by atoms with Crippen molar-refractivity contribution in [3.63, 3.8) is 0 Å². The van der Waals surface area contributed by atoms with Gasteiger partial charge >= 0.3 is 0 Å². The number of aryl methyl sites for hydroxylation is 2. The predicted octanol–water partition coefficient (Wildman–Crippen LogP) is 1.62. The molecule has 1 heterocycles. The number of aromatic nitrogens is 1. The Kier molecular flexibility index (Phi) is 3.87. The van der Waals surface area contributed by atoms with Crippen LogP contribution in [0.4, 0.5) is 5.69 Å². The fraction of sp³-hybridized carbons (Fsp3) is 0.286. The molecule has 6 heteroatoms. The topological polar surface area (TPSA) is 68.3 Å². The van der Waals surface area contributed by atoms with E-state index in [4.69, 9.17) is 5.73 Å². The molecule has 0 radical (unpaired) electrons. The molecule has 5 nitrogen and oxygen atoms in total. The molecule has 0 aliphatic carbocycles. The first kappa shape index (κ1) is 14.6. The second-order valence-electron chi connectivity index (χ2n) is 4.79. The van der Waals surface area contributed by atoms with Crippen molar-refractivity contribution >= 4 is 15.7 Å². The summed E-state index contributed by atoms with van der Waals surface area (Å²) in [4.78, 5) is 0.253. The zero-order valence-electron chi connectivity index (χ0n) is 11.9. The summed E-state index contributed by atoms with van der Waals surface area (Å²) in [6.45, 7) is 2.27. The van der Waals surface area contributed by atoms with E-state index in [0.29, 0.717) is 12.2 Å². The lowest BCUT2D eigenvalue weighted by Gasteiger charge is -2.18. The van der Waals surface area contributed by atoms with Crippen molar-refractivity contribution in [1.29, 1.82) is 0 Å². The van der Waals surface area contributed by atoms with Crippen LogP contribution < -0.4 is 10.0 Å². The molecule has 0 atom stereocenters. The first-order valence-corrected chi connectivity index (χ1v) is 7.71. The molecule has 1 aromatic heterocycles. The Morgan fingerprint density at radius 1 is 1.25 bits per heavy atom. The number of sulfonamides is 1. The molecule has 2 rings (SSSR count). The Balaban J connectivity index is 2.40. The fourth-order valence-corrected chi connectivity index (χ4v) is 3.26. The van der Waals surface area contributed by atoms with E-state index in [1.807, 2.05) is 19.1 Å². The van der Waals surface area contributed by atoms with Gasteiger partial charge in [0.2, 0.25) is 0 Å². The molecule has 0 bridgehead atoms. The van der Waals surface area contributed by atoms with E-state index in [-0.39, 0.29) is 4.90 Å². The van der Waals surface area contributed by atoms with Crippen LogP contribution in [0.15, 0.2) is 41.4 Å². The molecular formula is C14H19N3O2S. The molecular weight excluding hydrogens is 274 g/mol. The highest BCUT2D eigenvalue weighted by atomic mass is 32.2. The highest BCUT2D eigenvalue weighted by Gasteiger charge is 2.23. The first-order chi connectivity index (χ1) is 9.36. The summed E-state index contributed by atoms with van der Waals surface area (Å²) < 4.78 is 28.2. The molecule has 20 heavy (non-hydrogen) atoms. The van der Waals surface area contributed by atoms with E-state index in [9.17, 15) is 8.42 Å². The zero-order valence-corrected chi connectivity index (χ0v) is 12.7. The van der Waals surface area contributed by atoms with E-state index < -0.39 is 10.0 Å². The monoisotopic (exact) mass is 293 g/mol. The van der Waals surface area contributed by atoms with E-state index in [1.165, 1.54) is 4.31 Å². The van der Waals surface area contributed by atoms with Crippen LogP contribution >= 0.6 is 0 Å². The lowest BCUT2D eigenvalue weighted by molar-refractivity contribution is 0.594. The van der Waals surface area contributed by atoms with Gasteiger partial charge < -0.3 is 10.3 Å². The van der Waals surface area contributed by atoms with Crippen molar-refractivity contribution in [3.05, 3.63) is 47.8 Å². The van der Waals surface area contributed by atoms with Gasteiger partial charge in [-0.25, -0.2) is 8.42 Å². The highest BCUT2D eigenvalue weighted by Crippen LogP contribution is 2.23. The number of hydrogen-bond donors (Lipinski definition) is 1. The average Bonchev–Trinajstić information content (AvgIpc) is 2.80. The minimum Gasteiger partial charge on any atom is -0.352 e. The van der Waals surface area contributed by atoms with E-state index in [2.05, 4.69) is 0 Å². The third kappa shape index (κ3) is 2.57. The van der Waals surface area contributed by atoms with Gasteiger partial charge in [-0.05, 0) is 25.1 Å². The third-order valence-corrected chi connectivity index (χ3v) is 5.10. The normalized spacial score (nSPS) is 11.6. The maximum Gasteiger partial charge on any atom is 0.265 e. The third-order valence-electron chi connectivity index (χ3n) is 3.35. The van der Waals surface area contributed by atoms with Gasteiger partial charge in [-0.2, -0.15) is 0 Å². The summed E-state index contributed by atoms with van der Waals surface area (Å²) in [5.74, 6) is 0. The molecule has 2 N–H and O–H groups in total. The number of nitrogens with zero attached hydrogens (tertiary/aromatic N) is 2. The molecule has 0 aliphatic heterocycles. The predicted molar refractivity (Wildman–Crippen MR) is 80.1 cm³/mol. The number of rotatable bonds is 4. The highest BCUT2D eigenvalue weighted by molar-refractivity contribution is 7.92. The summed E-state index contributed by atoms with van der Waals surface area (Å²) >= 11 is 0. The minimum absolute atomic E-state index is 0.253. The lowest BCUT2D eigenvalue weighted by Crippen LogP contribution is -2.26. The molecule has 0 spiro atoms. The number of nitrogens with two attached hydrogens (primary N) is 1. The fourth-order valence-electron chi connectivity index (χ4n) is 1.97. The summed E-state index contributed by atoms with van der Waals surface area (Å²) in [5.41, 5.74) is 8.08. The van der Waals surface area contributed by atoms with Crippen molar-refractivity contribution in [1.82, 2.24) is 4.57 Å². The SMILES string of the molecule is Cc1ccc(N(C)S(=O)(=O)c2cc(CN)n(C)c2)cc1. The van der Waals surface area contributed by atoms with Crippen LogP contribution in [0.3, 0.4) is 0 Å². The molecule has 0 amide bonds. The maximum absolute atomic E-state index is 12.6. The Morgan fingerprint density at radius 2 is 1.85 bits per heavy atom. The molecule has 108 valence electrons. The Hall–Kier alpha value is -1.79. The molecule has 0 unspecified atom stereocenters.